The Balaban J connectivity index is 2.88. The summed E-state index contributed by atoms with van der Waals surface area (Å²) < 4.78 is 0. The van der Waals surface area contributed by atoms with E-state index in [0.29, 0.717) is 18.7 Å². The fourth-order valence-electron chi connectivity index (χ4n) is 1.67. The predicted octanol–water partition coefficient (Wildman–Crippen LogP) is 2.54. The van der Waals surface area contributed by atoms with Crippen molar-refractivity contribution in [2.24, 2.45) is 5.41 Å². The molecule has 1 aromatic rings. The zero-order valence-electron chi connectivity index (χ0n) is 10.9. The van der Waals surface area contributed by atoms with Gasteiger partial charge in [-0.1, -0.05) is 38.1 Å². The van der Waals surface area contributed by atoms with Crippen molar-refractivity contribution in [3.8, 4) is 0 Å². The summed E-state index contributed by atoms with van der Waals surface area (Å²) in [6.45, 7) is 8.10. The zero-order chi connectivity index (χ0) is 13.6. The van der Waals surface area contributed by atoms with Gasteiger partial charge in [0, 0.05) is 24.1 Å². The van der Waals surface area contributed by atoms with Crippen LogP contribution in [0.3, 0.4) is 0 Å². The fourth-order valence-corrected chi connectivity index (χ4v) is 1.67. The summed E-state index contributed by atoms with van der Waals surface area (Å²) in [7, 11) is 0. The van der Waals surface area contributed by atoms with Gasteiger partial charge in [-0.2, -0.15) is 0 Å². The Kier molecular flexibility index (Phi) is 4.84. The zero-order valence-corrected chi connectivity index (χ0v) is 10.9. The maximum absolute atomic E-state index is 12.3. The van der Waals surface area contributed by atoms with Crippen LogP contribution in [-0.2, 0) is 4.79 Å². The van der Waals surface area contributed by atoms with Crippen molar-refractivity contribution in [1.82, 2.24) is 4.90 Å². The van der Waals surface area contributed by atoms with Crippen molar-refractivity contribution in [2.75, 3.05) is 13.1 Å². The molecule has 3 nitrogen and oxygen atoms in total. The van der Waals surface area contributed by atoms with Crippen molar-refractivity contribution in [1.29, 1.82) is 0 Å². The summed E-state index contributed by atoms with van der Waals surface area (Å²) in [5.41, 5.74) is 0.0778. The van der Waals surface area contributed by atoms with E-state index in [1.54, 1.807) is 23.1 Å². The molecule has 3 heteroatoms. The van der Waals surface area contributed by atoms with Crippen molar-refractivity contribution in [3.05, 3.63) is 48.6 Å². The van der Waals surface area contributed by atoms with E-state index in [4.69, 9.17) is 0 Å². The third-order valence-electron chi connectivity index (χ3n) is 2.57. The lowest BCUT2D eigenvalue weighted by molar-refractivity contribution is -0.115. The SMILES string of the molecule is C=CCN(CC(C)(C)C=O)C(=O)c1ccccc1. The second-order valence-corrected chi connectivity index (χ2v) is 4.95. The van der Waals surface area contributed by atoms with Gasteiger partial charge < -0.3 is 9.69 Å². The highest BCUT2D eigenvalue weighted by molar-refractivity contribution is 5.94. The van der Waals surface area contributed by atoms with Crippen LogP contribution < -0.4 is 0 Å². The van der Waals surface area contributed by atoms with Gasteiger partial charge in [0.25, 0.3) is 5.91 Å². The molecule has 0 N–H and O–H groups in total. The highest BCUT2D eigenvalue weighted by atomic mass is 16.2. The lowest BCUT2D eigenvalue weighted by Crippen LogP contribution is -2.39. The van der Waals surface area contributed by atoms with Crippen molar-refractivity contribution >= 4 is 12.2 Å². The second-order valence-electron chi connectivity index (χ2n) is 4.95. The Morgan fingerprint density at radius 3 is 2.44 bits per heavy atom. The van der Waals surface area contributed by atoms with E-state index in [9.17, 15) is 9.59 Å². The number of carbonyl (C=O) groups excluding carboxylic acids is 2. The average molecular weight is 245 g/mol. The Labute approximate surface area is 108 Å². The van der Waals surface area contributed by atoms with E-state index in [-0.39, 0.29) is 5.91 Å². The van der Waals surface area contributed by atoms with Crippen LogP contribution in [-0.4, -0.2) is 30.2 Å². The number of aldehydes is 1. The van der Waals surface area contributed by atoms with Crippen LogP contribution in [0.2, 0.25) is 0 Å². The summed E-state index contributed by atoms with van der Waals surface area (Å²) in [5.74, 6) is -0.0783. The molecule has 18 heavy (non-hydrogen) atoms. The fraction of sp³-hybridized carbons (Fsp3) is 0.333. The van der Waals surface area contributed by atoms with Crippen LogP contribution >= 0.6 is 0 Å². The molecule has 0 saturated carbocycles. The molecule has 0 aliphatic rings. The summed E-state index contributed by atoms with van der Waals surface area (Å²) in [4.78, 5) is 24.9. The minimum absolute atomic E-state index is 0.0783. The number of carbonyl (C=O) groups is 2. The molecule has 0 heterocycles. The van der Waals surface area contributed by atoms with E-state index in [0.717, 1.165) is 6.29 Å². The lowest BCUT2D eigenvalue weighted by Gasteiger charge is -2.28. The normalized spacial score (nSPS) is 10.8. The smallest absolute Gasteiger partial charge is 0.254 e. The number of nitrogens with zero attached hydrogens (tertiary/aromatic N) is 1. The molecule has 0 atom stereocenters. The largest absolute Gasteiger partial charge is 0.334 e. The first-order valence-corrected chi connectivity index (χ1v) is 5.92. The van der Waals surface area contributed by atoms with Gasteiger partial charge in [0.2, 0.25) is 0 Å². The molecule has 1 rings (SSSR count). The van der Waals surface area contributed by atoms with Crippen LogP contribution in [0.1, 0.15) is 24.2 Å². The van der Waals surface area contributed by atoms with E-state index < -0.39 is 5.41 Å². The van der Waals surface area contributed by atoms with E-state index in [2.05, 4.69) is 6.58 Å². The van der Waals surface area contributed by atoms with Gasteiger partial charge in [0.15, 0.2) is 0 Å². The van der Waals surface area contributed by atoms with Gasteiger partial charge in [-0.25, -0.2) is 0 Å². The van der Waals surface area contributed by atoms with Crippen LogP contribution in [0.15, 0.2) is 43.0 Å². The summed E-state index contributed by atoms with van der Waals surface area (Å²) >= 11 is 0. The minimum atomic E-state index is -0.548. The number of amides is 1. The lowest BCUT2D eigenvalue weighted by atomic mass is 9.94. The quantitative estimate of drug-likeness (QED) is 0.570. The molecule has 0 unspecified atom stereocenters. The monoisotopic (exact) mass is 245 g/mol. The van der Waals surface area contributed by atoms with Gasteiger partial charge in [0.1, 0.15) is 6.29 Å². The van der Waals surface area contributed by atoms with Crippen LogP contribution in [0.5, 0.6) is 0 Å². The first-order valence-electron chi connectivity index (χ1n) is 5.92. The predicted molar refractivity (Wildman–Crippen MR) is 72.4 cm³/mol. The van der Waals surface area contributed by atoms with Crippen molar-refractivity contribution in [2.45, 2.75) is 13.8 Å². The minimum Gasteiger partial charge on any atom is -0.334 e. The van der Waals surface area contributed by atoms with E-state index in [1.807, 2.05) is 32.0 Å². The Hall–Kier alpha value is -1.90. The van der Waals surface area contributed by atoms with Gasteiger partial charge in [-0.3, -0.25) is 4.79 Å². The number of hydrogen-bond acceptors (Lipinski definition) is 2. The number of benzene rings is 1. The molecule has 0 spiro atoms. The van der Waals surface area contributed by atoms with Gasteiger partial charge >= 0.3 is 0 Å². The molecular weight excluding hydrogens is 226 g/mol. The number of hydrogen-bond donors (Lipinski definition) is 0. The third kappa shape index (κ3) is 3.84. The molecule has 0 aromatic heterocycles. The molecule has 0 fully saturated rings. The second kappa shape index (κ2) is 6.15. The highest BCUT2D eigenvalue weighted by Gasteiger charge is 2.24. The molecule has 1 aromatic carbocycles. The maximum Gasteiger partial charge on any atom is 0.254 e. The molecule has 96 valence electrons. The molecule has 1 amide bonds. The van der Waals surface area contributed by atoms with E-state index in [1.165, 1.54) is 0 Å². The highest BCUT2D eigenvalue weighted by Crippen LogP contribution is 2.15. The average Bonchev–Trinajstić information content (AvgIpc) is 2.38. The van der Waals surface area contributed by atoms with Crippen LogP contribution in [0.4, 0.5) is 0 Å². The van der Waals surface area contributed by atoms with Crippen molar-refractivity contribution in [3.63, 3.8) is 0 Å². The first-order chi connectivity index (χ1) is 8.50. The topological polar surface area (TPSA) is 37.4 Å². The van der Waals surface area contributed by atoms with Gasteiger partial charge in [-0.15, -0.1) is 6.58 Å². The van der Waals surface area contributed by atoms with Crippen LogP contribution in [0.25, 0.3) is 0 Å². The molecule has 0 aliphatic carbocycles. The number of rotatable bonds is 6. The third-order valence-corrected chi connectivity index (χ3v) is 2.57. The Morgan fingerprint density at radius 1 is 1.33 bits per heavy atom. The Morgan fingerprint density at radius 2 is 1.94 bits per heavy atom. The van der Waals surface area contributed by atoms with Crippen molar-refractivity contribution < 1.29 is 9.59 Å². The summed E-state index contributed by atoms with van der Waals surface area (Å²) in [5, 5.41) is 0. The van der Waals surface area contributed by atoms with E-state index >= 15 is 0 Å². The van der Waals surface area contributed by atoms with Crippen LogP contribution in [0, 0.1) is 5.41 Å². The van der Waals surface area contributed by atoms with Gasteiger partial charge in [0.05, 0.1) is 0 Å². The molecule has 0 aliphatic heterocycles. The summed E-state index contributed by atoms with van der Waals surface area (Å²) in [6, 6.07) is 9.05. The molecule has 0 bridgehead atoms. The summed E-state index contributed by atoms with van der Waals surface area (Å²) in [6.07, 6.45) is 2.54. The Bertz CT molecular complexity index is 423. The molecular formula is C15H19NO2. The van der Waals surface area contributed by atoms with Gasteiger partial charge in [-0.05, 0) is 12.1 Å². The maximum atomic E-state index is 12.3. The standard InChI is InChI=1S/C15H19NO2/c1-4-10-16(11-15(2,3)12-17)14(18)13-8-6-5-7-9-13/h4-9,12H,1,10-11H2,2-3H3. The first kappa shape index (κ1) is 14.2. The molecule has 0 radical (unpaired) electrons. The molecule has 0 saturated heterocycles.